The van der Waals surface area contributed by atoms with Crippen LogP contribution in [-0.2, 0) is 9.59 Å². The Bertz CT molecular complexity index is 414. The molecule has 0 aromatic carbocycles. The van der Waals surface area contributed by atoms with E-state index in [1.807, 2.05) is 0 Å². The second-order valence-corrected chi connectivity index (χ2v) is 5.64. The number of rotatable bonds is 2. The molecule has 0 bridgehead atoms. The van der Waals surface area contributed by atoms with Crippen molar-refractivity contribution in [3.63, 3.8) is 0 Å². The molecule has 0 aromatic heterocycles. The lowest BCUT2D eigenvalue weighted by atomic mass is 9.84. The molecule has 1 saturated heterocycles. The van der Waals surface area contributed by atoms with E-state index < -0.39 is 11.5 Å². The molecule has 3 fully saturated rings. The SMILES string of the molecule is N#CC(C1CC1)N1C(=O)CC2(CCCC2)C1=O. The van der Waals surface area contributed by atoms with Crippen LogP contribution in [0.5, 0.6) is 0 Å². The summed E-state index contributed by atoms with van der Waals surface area (Å²) in [5, 5.41) is 9.17. The summed E-state index contributed by atoms with van der Waals surface area (Å²) in [7, 11) is 0. The van der Waals surface area contributed by atoms with Gasteiger partial charge in [-0.2, -0.15) is 5.26 Å². The van der Waals surface area contributed by atoms with E-state index in [-0.39, 0.29) is 17.7 Å². The van der Waals surface area contributed by atoms with Crippen molar-refractivity contribution in [2.75, 3.05) is 0 Å². The molecule has 1 atom stereocenters. The Hall–Kier alpha value is -1.37. The molecular weight excluding hydrogens is 216 g/mol. The molecule has 3 rings (SSSR count). The Morgan fingerprint density at radius 1 is 1.29 bits per heavy atom. The van der Waals surface area contributed by atoms with Gasteiger partial charge in [-0.3, -0.25) is 14.5 Å². The van der Waals surface area contributed by atoms with Gasteiger partial charge < -0.3 is 0 Å². The summed E-state index contributed by atoms with van der Waals surface area (Å²) in [4.78, 5) is 25.8. The van der Waals surface area contributed by atoms with Gasteiger partial charge >= 0.3 is 0 Å². The summed E-state index contributed by atoms with van der Waals surface area (Å²) < 4.78 is 0. The molecule has 2 saturated carbocycles. The number of nitriles is 1. The molecule has 90 valence electrons. The van der Waals surface area contributed by atoms with Crippen molar-refractivity contribution in [1.82, 2.24) is 4.90 Å². The van der Waals surface area contributed by atoms with E-state index in [2.05, 4.69) is 6.07 Å². The zero-order valence-electron chi connectivity index (χ0n) is 9.82. The molecule has 4 nitrogen and oxygen atoms in total. The predicted molar refractivity (Wildman–Crippen MR) is 59.5 cm³/mol. The Balaban J connectivity index is 1.88. The summed E-state index contributed by atoms with van der Waals surface area (Å²) in [6, 6.07) is 1.67. The second-order valence-electron chi connectivity index (χ2n) is 5.64. The second kappa shape index (κ2) is 3.56. The largest absolute Gasteiger partial charge is 0.274 e. The van der Waals surface area contributed by atoms with E-state index in [9.17, 15) is 9.59 Å². The Kier molecular flexibility index (Phi) is 2.25. The van der Waals surface area contributed by atoms with Crippen molar-refractivity contribution in [2.24, 2.45) is 11.3 Å². The maximum Gasteiger partial charge on any atom is 0.237 e. The lowest BCUT2D eigenvalue weighted by molar-refractivity contribution is -0.143. The lowest BCUT2D eigenvalue weighted by Gasteiger charge is -2.24. The molecule has 0 radical (unpaired) electrons. The highest BCUT2D eigenvalue weighted by atomic mass is 16.2. The minimum atomic E-state index is -0.491. The molecule has 3 aliphatic rings. The Labute approximate surface area is 101 Å². The number of carbonyl (C=O) groups excluding carboxylic acids is 2. The minimum Gasteiger partial charge on any atom is -0.274 e. The topological polar surface area (TPSA) is 61.2 Å². The molecule has 1 spiro atoms. The van der Waals surface area contributed by atoms with Crippen molar-refractivity contribution in [3.05, 3.63) is 0 Å². The number of likely N-dealkylation sites (tertiary alicyclic amines) is 1. The average Bonchev–Trinajstić information content (AvgIpc) is 2.99. The maximum absolute atomic E-state index is 12.4. The monoisotopic (exact) mass is 232 g/mol. The van der Waals surface area contributed by atoms with Crippen molar-refractivity contribution >= 4 is 11.8 Å². The molecular formula is C13H16N2O2. The molecule has 0 aromatic rings. The molecule has 2 aliphatic carbocycles. The molecule has 1 aliphatic heterocycles. The first-order valence-corrected chi connectivity index (χ1v) is 6.44. The smallest absolute Gasteiger partial charge is 0.237 e. The van der Waals surface area contributed by atoms with E-state index in [1.54, 1.807) is 0 Å². The molecule has 4 heteroatoms. The van der Waals surface area contributed by atoms with Crippen LogP contribution < -0.4 is 0 Å². The van der Waals surface area contributed by atoms with Gasteiger partial charge in [-0.1, -0.05) is 12.8 Å². The van der Waals surface area contributed by atoms with Gasteiger partial charge in [-0.05, 0) is 31.6 Å². The number of hydrogen-bond acceptors (Lipinski definition) is 3. The first kappa shape index (κ1) is 10.8. The van der Waals surface area contributed by atoms with Crippen molar-refractivity contribution in [3.8, 4) is 6.07 Å². The van der Waals surface area contributed by atoms with Crippen LogP contribution in [0.25, 0.3) is 0 Å². The van der Waals surface area contributed by atoms with Gasteiger partial charge in [0.2, 0.25) is 11.8 Å². The lowest BCUT2D eigenvalue weighted by Crippen LogP contribution is -2.42. The van der Waals surface area contributed by atoms with Crippen LogP contribution >= 0.6 is 0 Å². The fourth-order valence-corrected chi connectivity index (χ4v) is 3.33. The van der Waals surface area contributed by atoms with Crippen LogP contribution in [0.3, 0.4) is 0 Å². The van der Waals surface area contributed by atoms with Gasteiger partial charge in [-0.25, -0.2) is 0 Å². The molecule has 2 amide bonds. The van der Waals surface area contributed by atoms with Gasteiger partial charge in [0.1, 0.15) is 6.04 Å². The van der Waals surface area contributed by atoms with Crippen LogP contribution in [0.2, 0.25) is 0 Å². The van der Waals surface area contributed by atoms with Gasteiger partial charge in [0.15, 0.2) is 0 Å². The van der Waals surface area contributed by atoms with Crippen molar-refractivity contribution in [2.45, 2.75) is 51.0 Å². The fourth-order valence-electron chi connectivity index (χ4n) is 3.33. The summed E-state index contributed by atoms with van der Waals surface area (Å²) in [6.07, 6.45) is 6.02. The maximum atomic E-state index is 12.4. The highest BCUT2D eigenvalue weighted by molar-refractivity contribution is 6.06. The molecule has 1 heterocycles. The first-order valence-electron chi connectivity index (χ1n) is 6.44. The van der Waals surface area contributed by atoms with Crippen LogP contribution in [0.4, 0.5) is 0 Å². The highest BCUT2D eigenvalue weighted by Crippen LogP contribution is 2.49. The van der Waals surface area contributed by atoms with Gasteiger partial charge in [0, 0.05) is 6.42 Å². The van der Waals surface area contributed by atoms with Crippen LogP contribution in [0.1, 0.15) is 44.9 Å². The Morgan fingerprint density at radius 2 is 1.94 bits per heavy atom. The molecule has 0 N–H and O–H groups in total. The first-order chi connectivity index (χ1) is 8.18. The summed E-state index contributed by atoms with van der Waals surface area (Å²) in [5.74, 6) is 0.0678. The van der Waals surface area contributed by atoms with E-state index in [1.165, 1.54) is 4.90 Å². The average molecular weight is 232 g/mol. The van der Waals surface area contributed by atoms with Gasteiger partial charge in [0.25, 0.3) is 0 Å². The van der Waals surface area contributed by atoms with E-state index in [4.69, 9.17) is 5.26 Å². The zero-order chi connectivity index (χ0) is 12.0. The number of amides is 2. The minimum absolute atomic E-state index is 0.0570. The summed E-state index contributed by atoms with van der Waals surface area (Å²) >= 11 is 0. The number of carbonyl (C=O) groups is 2. The standard InChI is InChI=1S/C13H16N2O2/c14-8-10(9-3-4-9)15-11(16)7-13(12(15)17)5-1-2-6-13/h9-10H,1-7H2. The zero-order valence-corrected chi connectivity index (χ0v) is 9.82. The van der Waals surface area contributed by atoms with Crippen molar-refractivity contribution < 1.29 is 9.59 Å². The fraction of sp³-hybridized carbons (Fsp3) is 0.769. The quantitative estimate of drug-likeness (QED) is 0.679. The van der Waals surface area contributed by atoms with Gasteiger partial charge in [-0.15, -0.1) is 0 Å². The van der Waals surface area contributed by atoms with Crippen LogP contribution in [0, 0.1) is 22.7 Å². The summed E-state index contributed by atoms with van der Waals surface area (Å²) in [5.41, 5.74) is -0.429. The third-order valence-corrected chi connectivity index (χ3v) is 4.47. The molecule has 1 unspecified atom stereocenters. The third kappa shape index (κ3) is 1.49. The predicted octanol–water partition coefficient (Wildman–Crippen LogP) is 1.61. The van der Waals surface area contributed by atoms with Gasteiger partial charge in [0.05, 0.1) is 11.5 Å². The van der Waals surface area contributed by atoms with Crippen LogP contribution in [0.15, 0.2) is 0 Å². The number of nitrogens with zero attached hydrogens (tertiary/aromatic N) is 2. The normalized spacial score (nSPS) is 28.8. The number of imide groups is 1. The van der Waals surface area contributed by atoms with Crippen molar-refractivity contribution in [1.29, 1.82) is 5.26 Å². The molecule has 17 heavy (non-hydrogen) atoms. The van der Waals surface area contributed by atoms with Crippen LogP contribution in [-0.4, -0.2) is 22.8 Å². The van der Waals surface area contributed by atoms with E-state index >= 15 is 0 Å². The third-order valence-electron chi connectivity index (χ3n) is 4.47. The number of hydrogen-bond donors (Lipinski definition) is 0. The highest BCUT2D eigenvalue weighted by Gasteiger charge is 2.56. The van der Waals surface area contributed by atoms with E-state index in [0.717, 1.165) is 38.5 Å². The van der Waals surface area contributed by atoms with E-state index in [0.29, 0.717) is 6.42 Å². The summed E-state index contributed by atoms with van der Waals surface area (Å²) in [6.45, 7) is 0. The Morgan fingerprint density at radius 3 is 2.47 bits per heavy atom.